The average Bonchev–Trinajstić information content (AvgIpc) is 2.62. The van der Waals surface area contributed by atoms with Crippen molar-refractivity contribution in [3.8, 4) is 0 Å². The molecule has 0 bridgehead atoms. The van der Waals surface area contributed by atoms with Crippen molar-refractivity contribution in [3.63, 3.8) is 0 Å². The van der Waals surface area contributed by atoms with Crippen molar-refractivity contribution >= 4 is 30.7 Å². The molecule has 128 valence electrons. The van der Waals surface area contributed by atoms with Crippen molar-refractivity contribution in [1.82, 2.24) is 10.2 Å². The summed E-state index contributed by atoms with van der Waals surface area (Å²) in [5, 5.41) is 2.95. The number of nitrogens with one attached hydrogen (secondary N) is 1. The molecule has 0 aromatic rings. The predicted molar refractivity (Wildman–Crippen MR) is 94.5 cm³/mol. The number of hydrogen-bond donors (Lipinski definition) is 2. The van der Waals surface area contributed by atoms with Gasteiger partial charge in [0.05, 0.1) is 6.04 Å². The molecule has 6 heteroatoms. The van der Waals surface area contributed by atoms with Gasteiger partial charge in [-0.25, -0.2) is 0 Å². The van der Waals surface area contributed by atoms with E-state index in [1.807, 2.05) is 0 Å². The first-order chi connectivity index (χ1) is 9.09. The SMILES string of the molecule is CC(C)C[C@H](N)C(=O)NCCCN1CCCCCC1.Cl.Cl. The smallest absolute Gasteiger partial charge is 0.236 e. The zero-order valence-electron chi connectivity index (χ0n) is 13.5. The Morgan fingerprint density at radius 1 is 1.14 bits per heavy atom. The highest BCUT2D eigenvalue weighted by atomic mass is 35.5. The van der Waals surface area contributed by atoms with E-state index in [1.54, 1.807) is 0 Å². The van der Waals surface area contributed by atoms with Gasteiger partial charge in [-0.2, -0.15) is 0 Å². The van der Waals surface area contributed by atoms with Gasteiger partial charge in [-0.15, -0.1) is 24.8 Å². The van der Waals surface area contributed by atoms with E-state index < -0.39 is 0 Å². The van der Waals surface area contributed by atoms with Crippen LogP contribution in [0.5, 0.6) is 0 Å². The molecule has 21 heavy (non-hydrogen) atoms. The third-order valence-electron chi connectivity index (χ3n) is 3.71. The quantitative estimate of drug-likeness (QED) is 0.699. The molecule has 1 saturated heterocycles. The topological polar surface area (TPSA) is 58.4 Å². The molecule has 1 fully saturated rings. The second kappa shape index (κ2) is 13.6. The van der Waals surface area contributed by atoms with Crippen LogP contribution in [0.15, 0.2) is 0 Å². The summed E-state index contributed by atoms with van der Waals surface area (Å²) in [4.78, 5) is 14.3. The first-order valence-corrected chi connectivity index (χ1v) is 7.85. The maximum atomic E-state index is 11.7. The highest BCUT2D eigenvalue weighted by Gasteiger charge is 2.14. The van der Waals surface area contributed by atoms with Crippen LogP contribution in [0.25, 0.3) is 0 Å². The molecule has 0 aromatic carbocycles. The largest absolute Gasteiger partial charge is 0.355 e. The fraction of sp³-hybridized carbons (Fsp3) is 0.933. The maximum absolute atomic E-state index is 11.7. The summed E-state index contributed by atoms with van der Waals surface area (Å²) in [5.41, 5.74) is 5.84. The summed E-state index contributed by atoms with van der Waals surface area (Å²) >= 11 is 0. The summed E-state index contributed by atoms with van der Waals surface area (Å²) in [6, 6.07) is -0.349. The molecule has 0 aromatic heterocycles. The molecule has 1 rings (SSSR count). The van der Waals surface area contributed by atoms with Crippen LogP contribution in [0.1, 0.15) is 52.4 Å². The van der Waals surface area contributed by atoms with Gasteiger partial charge in [-0.3, -0.25) is 4.79 Å². The van der Waals surface area contributed by atoms with Gasteiger partial charge in [0.25, 0.3) is 0 Å². The lowest BCUT2D eigenvalue weighted by atomic mass is 10.0. The molecule has 1 aliphatic heterocycles. The minimum Gasteiger partial charge on any atom is -0.355 e. The zero-order valence-corrected chi connectivity index (χ0v) is 15.1. The number of nitrogens with zero attached hydrogens (tertiary/aromatic N) is 1. The molecule has 0 saturated carbocycles. The zero-order chi connectivity index (χ0) is 14.1. The maximum Gasteiger partial charge on any atom is 0.236 e. The number of rotatable bonds is 7. The van der Waals surface area contributed by atoms with Gasteiger partial charge in [0.1, 0.15) is 0 Å². The minimum absolute atomic E-state index is 0. The van der Waals surface area contributed by atoms with E-state index in [4.69, 9.17) is 5.73 Å². The van der Waals surface area contributed by atoms with Crippen LogP contribution in [0, 0.1) is 5.92 Å². The predicted octanol–water partition coefficient (Wildman–Crippen LogP) is 2.59. The van der Waals surface area contributed by atoms with Crippen LogP contribution in [0.3, 0.4) is 0 Å². The van der Waals surface area contributed by atoms with E-state index in [0.29, 0.717) is 5.92 Å². The van der Waals surface area contributed by atoms with Crippen LogP contribution in [-0.2, 0) is 4.79 Å². The van der Waals surface area contributed by atoms with Gasteiger partial charge in [0.15, 0.2) is 0 Å². The lowest BCUT2D eigenvalue weighted by molar-refractivity contribution is -0.122. The second-order valence-corrected chi connectivity index (χ2v) is 6.14. The molecule has 4 nitrogen and oxygen atoms in total. The van der Waals surface area contributed by atoms with E-state index in [1.165, 1.54) is 38.8 Å². The molecular weight excluding hydrogens is 309 g/mol. The first kappa shape index (κ1) is 23.2. The molecule has 0 unspecified atom stereocenters. The van der Waals surface area contributed by atoms with E-state index in [-0.39, 0.29) is 36.8 Å². The second-order valence-electron chi connectivity index (χ2n) is 6.14. The fourth-order valence-electron chi connectivity index (χ4n) is 2.62. The van der Waals surface area contributed by atoms with E-state index in [9.17, 15) is 4.79 Å². The van der Waals surface area contributed by atoms with Crippen LogP contribution < -0.4 is 11.1 Å². The highest BCUT2D eigenvalue weighted by Crippen LogP contribution is 2.09. The van der Waals surface area contributed by atoms with Gasteiger partial charge < -0.3 is 16.0 Å². The average molecular weight is 342 g/mol. The number of nitrogens with two attached hydrogens (primary N) is 1. The van der Waals surface area contributed by atoms with Crippen LogP contribution in [0.4, 0.5) is 0 Å². The van der Waals surface area contributed by atoms with Crippen LogP contribution in [-0.4, -0.2) is 43.0 Å². The van der Waals surface area contributed by atoms with Gasteiger partial charge in [0, 0.05) is 6.54 Å². The number of halogens is 2. The molecule has 1 aliphatic rings. The van der Waals surface area contributed by atoms with Gasteiger partial charge in [-0.1, -0.05) is 26.7 Å². The van der Waals surface area contributed by atoms with Crippen molar-refractivity contribution < 1.29 is 4.79 Å². The normalized spacial score (nSPS) is 17.3. The fourth-order valence-corrected chi connectivity index (χ4v) is 2.62. The van der Waals surface area contributed by atoms with Crippen molar-refractivity contribution in [2.24, 2.45) is 11.7 Å². The Balaban J connectivity index is 0. The number of carbonyl (C=O) groups excluding carboxylic acids is 1. The van der Waals surface area contributed by atoms with Gasteiger partial charge in [-0.05, 0) is 51.2 Å². The monoisotopic (exact) mass is 341 g/mol. The van der Waals surface area contributed by atoms with E-state index in [2.05, 4.69) is 24.1 Å². The molecule has 0 radical (unpaired) electrons. The van der Waals surface area contributed by atoms with Crippen molar-refractivity contribution in [3.05, 3.63) is 0 Å². The Kier molecular flexibility index (Phi) is 15.1. The third-order valence-corrected chi connectivity index (χ3v) is 3.71. The lowest BCUT2D eigenvalue weighted by Gasteiger charge is -2.20. The van der Waals surface area contributed by atoms with Crippen molar-refractivity contribution in [2.45, 2.75) is 58.4 Å². The Morgan fingerprint density at radius 2 is 1.71 bits per heavy atom. The van der Waals surface area contributed by atoms with E-state index >= 15 is 0 Å². The van der Waals surface area contributed by atoms with E-state index in [0.717, 1.165) is 25.9 Å². The molecule has 3 N–H and O–H groups in total. The standard InChI is InChI=1S/C15H31N3O.2ClH/c1-13(2)12-14(16)15(19)17-8-7-11-18-9-5-3-4-6-10-18;;/h13-14H,3-12,16H2,1-2H3,(H,17,19);2*1H/t14-;;/m0../s1. The number of hydrogen-bond acceptors (Lipinski definition) is 3. The lowest BCUT2D eigenvalue weighted by Crippen LogP contribution is -2.42. The molecule has 0 aliphatic carbocycles. The first-order valence-electron chi connectivity index (χ1n) is 7.85. The van der Waals surface area contributed by atoms with Crippen molar-refractivity contribution in [2.75, 3.05) is 26.2 Å². The molecule has 1 amide bonds. The number of likely N-dealkylation sites (tertiary alicyclic amines) is 1. The number of carbonyl (C=O) groups is 1. The summed E-state index contributed by atoms with van der Waals surface area (Å²) < 4.78 is 0. The minimum atomic E-state index is -0.349. The summed E-state index contributed by atoms with van der Waals surface area (Å²) in [6.07, 6.45) is 7.18. The molecule has 1 heterocycles. The third kappa shape index (κ3) is 11.2. The Labute approximate surface area is 142 Å². The Hall–Kier alpha value is -0.0300. The Bertz CT molecular complexity index is 257. The number of amides is 1. The summed E-state index contributed by atoms with van der Waals surface area (Å²) in [6.45, 7) is 8.47. The highest BCUT2D eigenvalue weighted by molar-refractivity contribution is 5.85. The Morgan fingerprint density at radius 3 is 2.24 bits per heavy atom. The van der Waals surface area contributed by atoms with Crippen LogP contribution in [0.2, 0.25) is 0 Å². The molecular formula is C15H33Cl2N3O. The summed E-state index contributed by atoms with van der Waals surface area (Å²) in [7, 11) is 0. The van der Waals surface area contributed by atoms with Crippen LogP contribution >= 0.6 is 24.8 Å². The van der Waals surface area contributed by atoms with Gasteiger partial charge >= 0.3 is 0 Å². The molecule has 1 atom stereocenters. The summed E-state index contributed by atoms with van der Waals surface area (Å²) in [5.74, 6) is 0.474. The van der Waals surface area contributed by atoms with Crippen molar-refractivity contribution in [1.29, 1.82) is 0 Å². The van der Waals surface area contributed by atoms with Gasteiger partial charge in [0.2, 0.25) is 5.91 Å². The molecule has 0 spiro atoms.